The average Bonchev–Trinajstić information content (AvgIpc) is 2.99. The molecule has 150 valence electrons. The Morgan fingerprint density at radius 3 is 2.10 bits per heavy atom. The molecule has 0 aromatic heterocycles. The topological polar surface area (TPSA) is 66.9 Å². The van der Waals surface area contributed by atoms with Crippen LogP contribution in [0.15, 0.2) is 54.6 Å². The van der Waals surface area contributed by atoms with Gasteiger partial charge in [-0.1, -0.05) is 47.5 Å². The Balaban J connectivity index is 1.31. The molecule has 1 atom stereocenters. The number of carbonyl (C=O) groups excluding carboxylic acids is 3. The predicted molar refractivity (Wildman–Crippen MR) is 107 cm³/mol. The van der Waals surface area contributed by atoms with Gasteiger partial charge in [0.2, 0.25) is 0 Å². The maximum Gasteiger partial charge on any atom is 0.349 e. The Hall–Kier alpha value is -2.99. The standard InChI is InChI=1S/C23H24N2O4/c1-16(24-13-11-18(12-14-24)15-17-7-3-2-4-8-17)23(28)29-25-21(26)19-9-5-6-10-20(19)22(25)27/h2-10,16,18H,11-15H2,1H3. The summed E-state index contributed by atoms with van der Waals surface area (Å²) < 4.78 is 0. The molecule has 0 spiro atoms. The van der Waals surface area contributed by atoms with Gasteiger partial charge in [-0.15, -0.1) is 0 Å². The van der Waals surface area contributed by atoms with E-state index in [2.05, 4.69) is 29.2 Å². The van der Waals surface area contributed by atoms with Gasteiger partial charge in [0, 0.05) is 0 Å². The van der Waals surface area contributed by atoms with Crippen molar-refractivity contribution in [2.45, 2.75) is 32.2 Å². The summed E-state index contributed by atoms with van der Waals surface area (Å²) in [5.41, 5.74) is 1.86. The summed E-state index contributed by atoms with van der Waals surface area (Å²) in [5.74, 6) is -1.17. The number of imide groups is 1. The molecule has 6 nitrogen and oxygen atoms in total. The fraction of sp³-hybridized carbons (Fsp3) is 0.348. The van der Waals surface area contributed by atoms with Crippen LogP contribution in [0.5, 0.6) is 0 Å². The summed E-state index contributed by atoms with van der Waals surface area (Å²) in [6.07, 6.45) is 3.04. The Morgan fingerprint density at radius 2 is 1.52 bits per heavy atom. The molecule has 0 N–H and O–H groups in total. The van der Waals surface area contributed by atoms with Crippen LogP contribution in [0.1, 0.15) is 46.0 Å². The number of piperidine rings is 1. The Labute approximate surface area is 170 Å². The van der Waals surface area contributed by atoms with Gasteiger partial charge in [-0.3, -0.25) is 14.5 Å². The lowest BCUT2D eigenvalue weighted by molar-refractivity contribution is -0.174. The van der Waals surface area contributed by atoms with E-state index in [-0.39, 0.29) is 11.1 Å². The number of hydrogen-bond acceptors (Lipinski definition) is 5. The first-order valence-electron chi connectivity index (χ1n) is 10.0. The zero-order valence-electron chi connectivity index (χ0n) is 16.4. The molecule has 2 aromatic rings. The largest absolute Gasteiger partial charge is 0.349 e. The van der Waals surface area contributed by atoms with Gasteiger partial charge in [-0.2, -0.15) is 0 Å². The molecule has 0 bridgehead atoms. The van der Waals surface area contributed by atoms with Crippen molar-refractivity contribution in [2.24, 2.45) is 5.92 Å². The van der Waals surface area contributed by atoms with E-state index in [1.807, 2.05) is 6.07 Å². The zero-order chi connectivity index (χ0) is 20.4. The van der Waals surface area contributed by atoms with Crippen LogP contribution in [0, 0.1) is 5.92 Å². The van der Waals surface area contributed by atoms with E-state index < -0.39 is 23.8 Å². The molecule has 1 saturated heterocycles. The molecule has 1 fully saturated rings. The van der Waals surface area contributed by atoms with Crippen molar-refractivity contribution in [2.75, 3.05) is 13.1 Å². The van der Waals surface area contributed by atoms with Gasteiger partial charge in [-0.25, -0.2) is 4.79 Å². The Morgan fingerprint density at radius 1 is 0.966 bits per heavy atom. The van der Waals surface area contributed by atoms with E-state index in [0.29, 0.717) is 11.0 Å². The number of rotatable bonds is 5. The number of likely N-dealkylation sites (tertiary alicyclic amines) is 1. The molecule has 0 radical (unpaired) electrons. The van der Waals surface area contributed by atoms with Crippen LogP contribution in [0.25, 0.3) is 0 Å². The van der Waals surface area contributed by atoms with Gasteiger partial charge in [0.15, 0.2) is 0 Å². The molecular formula is C23H24N2O4. The number of benzene rings is 2. The van der Waals surface area contributed by atoms with E-state index in [4.69, 9.17) is 4.84 Å². The highest BCUT2D eigenvalue weighted by Crippen LogP contribution is 2.25. The number of carbonyl (C=O) groups is 3. The molecule has 1 unspecified atom stereocenters. The highest BCUT2D eigenvalue weighted by molar-refractivity contribution is 6.20. The van der Waals surface area contributed by atoms with Crippen molar-refractivity contribution < 1.29 is 19.2 Å². The highest BCUT2D eigenvalue weighted by atomic mass is 16.7. The van der Waals surface area contributed by atoms with Crippen LogP contribution < -0.4 is 0 Å². The van der Waals surface area contributed by atoms with E-state index >= 15 is 0 Å². The summed E-state index contributed by atoms with van der Waals surface area (Å²) in [6, 6.07) is 16.4. The molecule has 29 heavy (non-hydrogen) atoms. The Bertz CT molecular complexity index is 884. The van der Waals surface area contributed by atoms with Gasteiger partial charge in [0.05, 0.1) is 11.1 Å². The fourth-order valence-electron chi connectivity index (χ4n) is 4.06. The van der Waals surface area contributed by atoms with Crippen LogP contribution in [-0.2, 0) is 16.1 Å². The first kappa shape index (κ1) is 19.3. The van der Waals surface area contributed by atoms with Gasteiger partial charge >= 0.3 is 5.97 Å². The molecule has 2 aliphatic rings. The summed E-state index contributed by atoms with van der Waals surface area (Å²) in [4.78, 5) is 44.6. The molecule has 2 amide bonds. The quantitative estimate of drug-likeness (QED) is 0.732. The Kier molecular flexibility index (Phi) is 5.45. The van der Waals surface area contributed by atoms with Gasteiger partial charge in [0.25, 0.3) is 11.8 Å². The van der Waals surface area contributed by atoms with Gasteiger partial charge < -0.3 is 4.84 Å². The average molecular weight is 392 g/mol. The fourth-order valence-corrected chi connectivity index (χ4v) is 4.06. The van der Waals surface area contributed by atoms with Crippen molar-refractivity contribution in [1.82, 2.24) is 9.96 Å². The lowest BCUT2D eigenvalue weighted by Crippen LogP contribution is -2.47. The molecule has 6 heteroatoms. The maximum atomic E-state index is 12.6. The summed E-state index contributed by atoms with van der Waals surface area (Å²) in [7, 11) is 0. The lowest BCUT2D eigenvalue weighted by atomic mass is 9.90. The summed E-state index contributed by atoms with van der Waals surface area (Å²) >= 11 is 0. The highest BCUT2D eigenvalue weighted by Gasteiger charge is 2.40. The minimum atomic E-state index is -0.590. The van der Waals surface area contributed by atoms with Crippen molar-refractivity contribution in [3.05, 3.63) is 71.3 Å². The third kappa shape index (κ3) is 3.93. The van der Waals surface area contributed by atoms with E-state index in [9.17, 15) is 14.4 Å². The van der Waals surface area contributed by atoms with Crippen LogP contribution in [0.3, 0.4) is 0 Å². The van der Waals surface area contributed by atoms with E-state index in [1.165, 1.54) is 5.56 Å². The molecular weight excluding hydrogens is 368 g/mol. The second-order valence-electron chi connectivity index (χ2n) is 7.71. The number of nitrogens with zero attached hydrogens (tertiary/aromatic N) is 2. The molecule has 2 aliphatic heterocycles. The minimum absolute atomic E-state index is 0.264. The van der Waals surface area contributed by atoms with Crippen molar-refractivity contribution in [3.63, 3.8) is 0 Å². The first-order chi connectivity index (χ1) is 14.0. The van der Waals surface area contributed by atoms with Crippen LogP contribution >= 0.6 is 0 Å². The minimum Gasteiger partial charge on any atom is -0.328 e. The first-order valence-corrected chi connectivity index (χ1v) is 10.0. The second-order valence-corrected chi connectivity index (χ2v) is 7.71. The molecule has 4 rings (SSSR count). The molecule has 0 saturated carbocycles. The van der Waals surface area contributed by atoms with E-state index in [1.54, 1.807) is 31.2 Å². The third-order valence-electron chi connectivity index (χ3n) is 5.84. The summed E-state index contributed by atoms with van der Waals surface area (Å²) in [6.45, 7) is 3.34. The van der Waals surface area contributed by atoms with Gasteiger partial charge in [0.1, 0.15) is 6.04 Å². The van der Waals surface area contributed by atoms with Crippen LogP contribution in [-0.4, -0.2) is 46.9 Å². The van der Waals surface area contributed by atoms with E-state index in [0.717, 1.165) is 32.4 Å². The summed E-state index contributed by atoms with van der Waals surface area (Å²) in [5, 5.41) is 0.589. The normalized spacial score (nSPS) is 18.6. The molecule has 2 aromatic carbocycles. The monoisotopic (exact) mass is 392 g/mol. The zero-order valence-corrected chi connectivity index (χ0v) is 16.4. The number of hydroxylamine groups is 2. The number of hydrogen-bond donors (Lipinski definition) is 0. The predicted octanol–water partition coefficient (Wildman–Crippen LogP) is 3.08. The number of amides is 2. The van der Waals surface area contributed by atoms with Crippen molar-refractivity contribution in [3.8, 4) is 0 Å². The molecule has 2 heterocycles. The maximum absolute atomic E-state index is 12.6. The van der Waals surface area contributed by atoms with Crippen molar-refractivity contribution in [1.29, 1.82) is 0 Å². The second kappa shape index (κ2) is 8.17. The van der Waals surface area contributed by atoms with Crippen molar-refractivity contribution >= 4 is 17.8 Å². The lowest BCUT2D eigenvalue weighted by Gasteiger charge is -2.35. The third-order valence-corrected chi connectivity index (χ3v) is 5.84. The SMILES string of the molecule is CC(C(=O)ON1C(=O)c2ccccc2C1=O)N1CCC(Cc2ccccc2)CC1. The number of fused-ring (bicyclic) bond motifs is 1. The molecule has 0 aliphatic carbocycles. The van der Waals surface area contributed by atoms with Crippen LogP contribution in [0.4, 0.5) is 0 Å². The smallest absolute Gasteiger partial charge is 0.328 e. The van der Waals surface area contributed by atoms with Crippen LogP contribution in [0.2, 0.25) is 0 Å². The van der Waals surface area contributed by atoms with Gasteiger partial charge in [-0.05, 0) is 62.9 Å².